The molecule has 1 aromatic heterocycles. The quantitative estimate of drug-likeness (QED) is 0.271. The van der Waals surface area contributed by atoms with Crippen molar-refractivity contribution >= 4 is 52.0 Å². The number of hydrogen-bond acceptors (Lipinski definition) is 7. The van der Waals surface area contributed by atoms with Gasteiger partial charge in [0.05, 0.1) is 36.1 Å². The molecule has 2 heterocycles. The van der Waals surface area contributed by atoms with Crippen LogP contribution in [0.3, 0.4) is 0 Å². The predicted octanol–water partition coefficient (Wildman–Crippen LogP) is 1.85. The Morgan fingerprint density at radius 2 is 1.57 bits per heavy atom. The molecule has 2 aromatic carbocycles. The number of ketones is 2. The van der Waals surface area contributed by atoms with Gasteiger partial charge in [-0.15, -0.1) is 0 Å². The van der Waals surface area contributed by atoms with Crippen molar-refractivity contribution in [1.29, 1.82) is 0 Å². The summed E-state index contributed by atoms with van der Waals surface area (Å²) in [7, 11) is 3.39. The zero-order valence-electron chi connectivity index (χ0n) is 22.3. The Kier molecular flexibility index (Phi) is 6.29. The number of nitrogens with zero attached hydrogens (tertiary/aromatic N) is 4. The second kappa shape index (κ2) is 9.53. The van der Waals surface area contributed by atoms with E-state index in [9.17, 15) is 34.5 Å². The second-order valence-corrected chi connectivity index (χ2v) is 9.44. The van der Waals surface area contributed by atoms with Crippen molar-refractivity contribution in [1.82, 2.24) is 4.57 Å². The van der Waals surface area contributed by atoms with E-state index in [0.717, 1.165) is 0 Å². The lowest BCUT2D eigenvalue weighted by atomic mass is 10.1. The van der Waals surface area contributed by atoms with Gasteiger partial charge in [-0.05, 0) is 50.3 Å². The summed E-state index contributed by atoms with van der Waals surface area (Å²) >= 11 is 0. The fourth-order valence-electron chi connectivity index (χ4n) is 5.29. The fourth-order valence-corrected chi connectivity index (χ4v) is 5.29. The van der Waals surface area contributed by atoms with E-state index in [0.29, 0.717) is 47.1 Å². The number of imidazole rings is 1. The zero-order valence-corrected chi connectivity index (χ0v) is 22.3. The smallest absolute Gasteiger partial charge is 0.335 e. The van der Waals surface area contributed by atoms with Crippen molar-refractivity contribution in [2.75, 3.05) is 23.4 Å². The van der Waals surface area contributed by atoms with Crippen LogP contribution in [0, 0.1) is 0 Å². The minimum atomic E-state index is -1.08. The van der Waals surface area contributed by atoms with Crippen molar-refractivity contribution in [3.8, 4) is 0 Å². The molecule has 0 bridgehead atoms. The summed E-state index contributed by atoms with van der Waals surface area (Å²) in [5.41, 5.74) is 2.24. The van der Waals surface area contributed by atoms with Crippen LogP contribution in [0.25, 0.3) is 17.1 Å². The van der Waals surface area contributed by atoms with Gasteiger partial charge in [0.1, 0.15) is 5.82 Å². The molecule has 1 aliphatic carbocycles. The van der Waals surface area contributed by atoms with Crippen molar-refractivity contribution in [2.24, 2.45) is 7.05 Å². The number of aromatic carboxylic acids is 2. The van der Waals surface area contributed by atoms with Crippen LogP contribution in [0.2, 0.25) is 0 Å². The number of carbonyl (C=O) groups is 4. The fraction of sp³-hybridized carbons (Fsp3) is 0.207. The molecule has 11 heteroatoms. The summed E-state index contributed by atoms with van der Waals surface area (Å²) in [6, 6.07) is 9.32. The summed E-state index contributed by atoms with van der Waals surface area (Å²) in [4.78, 5) is 52.6. The molecule has 204 valence electrons. The first kappa shape index (κ1) is 26.4. The number of carboxylic acids is 2. The SMILES string of the molecule is CCN1/C(=C/C2=C([O-])C(=C/c3n(C)c4cc(C(=O)O)ccc4[n+]3CC)/C(=O)C2=O)N(C)c2cc(C(=O)O)ccc21. The van der Waals surface area contributed by atoms with Crippen LogP contribution in [0.1, 0.15) is 40.4 Å². The van der Waals surface area contributed by atoms with Crippen molar-refractivity contribution in [3.05, 3.63) is 82.2 Å². The Balaban J connectivity index is 1.63. The topological polar surface area (TPSA) is 147 Å². The van der Waals surface area contributed by atoms with Crippen molar-refractivity contribution < 1.29 is 39.1 Å². The predicted molar refractivity (Wildman–Crippen MR) is 144 cm³/mol. The number of aryl methyl sites for hydroxylation is 2. The standard InChI is InChI=1S/C29H26N4O7/c1-5-32-19-9-7-15(28(37)38)11-21(19)30(3)23(32)13-17-25(34)18(27(36)26(17)35)14-24-31(4)22-12-16(29(39)40)8-10-20(22)33(24)6-2/h7-14H,5-6H2,1-4H3,(H2-,34,35,36,37,38,39,40). The number of hydrogen-bond donors (Lipinski definition) is 2. The van der Waals surface area contributed by atoms with Gasteiger partial charge in [0.25, 0.3) is 5.82 Å². The Morgan fingerprint density at radius 3 is 2.20 bits per heavy atom. The summed E-state index contributed by atoms with van der Waals surface area (Å²) < 4.78 is 3.51. The van der Waals surface area contributed by atoms with Gasteiger partial charge in [-0.25, -0.2) is 18.7 Å². The van der Waals surface area contributed by atoms with Crippen LogP contribution in [0.4, 0.5) is 11.4 Å². The molecule has 5 rings (SSSR count). The summed E-state index contributed by atoms with van der Waals surface area (Å²) in [6.07, 6.45) is 2.75. The molecule has 0 atom stereocenters. The molecule has 0 amide bonds. The largest absolute Gasteiger partial charge is 0.871 e. The molecule has 11 nitrogen and oxygen atoms in total. The van der Waals surface area contributed by atoms with Gasteiger partial charge in [-0.1, -0.05) is 5.76 Å². The third-order valence-electron chi connectivity index (χ3n) is 7.35. The van der Waals surface area contributed by atoms with Crippen LogP contribution in [0.15, 0.2) is 65.2 Å². The van der Waals surface area contributed by atoms with Crippen LogP contribution >= 0.6 is 0 Å². The third kappa shape index (κ3) is 3.85. The highest BCUT2D eigenvalue weighted by molar-refractivity contribution is 6.54. The van der Waals surface area contributed by atoms with E-state index in [1.54, 1.807) is 35.7 Å². The normalized spacial score (nSPS) is 17.2. The number of Topliss-reactive ketones (excluding diaryl/α,β-unsaturated/α-hetero) is 2. The Morgan fingerprint density at radius 1 is 0.925 bits per heavy atom. The zero-order chi connectivity index (χ0) is 29.0. The summed E-state index contributed by atoms with van der Waals surface area (Å²) in [5.74, 6) is -3.81. The van der Waals surface area contributed by atoms with Gasteiger partial charge < -0.3 is 25.1 Å². The minimum Gasteiger partial charge on any atom is -0.871 e. The summed E-state index contributed by atoms with van der Waals surface area (Å²) in [6.45, 7) is 4.68. The molecule has 0 saturated carbocycles. The Bertz CT molecular complexity index is 1760. The lowest BCUT2D eigenvalue weighted by Gasteiger charge is -2.22. The third-order valence-corrected chi connectivity index (χ3v) is 7.35. The molecule has 0 saturated heterocycles. The number of anilines is 2. The molecule has 40 heavy (non-hydrogen) atoms. The number of carboxylic acid groups (broad SMARTS) is 2. The molecule has 0 spiro atoms. The minimum absolute atomic E-state index is 0.0960. The van der Waals surface area contributed by atoms with Crippen LogP contribution in [-0.2, 0) is 23.2 Å². The lowest BCUT2D eigenvalue weighted by Crippen LogP contribution is -2.35. The van der Waals surface area contributed by atoms with E-state index < -0.39 is 29.3 Å². The maximum Gasteiger partial charge on any atom is 0.335 e. The number of benzene rings is 2. The van der Waals surface area contributed by atoms with Gasteiger partial charge in [0.15, 0.2) is 11.0 Å². The molecule has 0 unspecified atom stereocenters. The lowest BCUT2D eigenvalue weighted by molar-refractivity contribution is -0.670. The molecule has 0 radical (unpaired) electrons. The van der Waals surface area contributed by atoms with E-state index in [-0.39, 0.29) is 22.3 Å². The van der Waals surface area contributed by atoms with E-state index in [1.807, 2.05) is 23.3 Å². The van der Waals surface area contributed by atoms with Gasteiger partial charge >= 0.3 is 11.9 Å². The highest BCUT2D eigenvalue weighted by Crippen LogP contribution is 2.42. The van der Waals surface area contributed by atoms with E-state index in [2.05, 4.69) is 0 Å². The van der Waals surface area contributed by atoms with Gasteiger partial charge in [0, 0.05) is 36.9 Å². The number of aromatic nitrogens is 2. The molecule has 2 N–H and O–H groups in total. The van der Waals surface area contributed by atoms with Crippen LogP contribution in [-0.4, -0.2) is 51.9 Å². The molecular formula is C29H26N4O7. The summed E-state index contributed by atoms with van der Waals surface area (Å²) in [5, 5.41) is 32.3. The Hall–Kier alpha value is -5.19. The molecular weight excluding hydrogens is 516 g/mol. The molecule has 0 fully saturated rings. The number of rotatable bonds is 6. The second-order valence-electron chi connectivity index (χ2n) is 9.44. The van der Waals surface area contributed by atoms with Gasteiger partial charge in [-0.2, -0.15) is 0 Å². The Labute approximate surface area is 228 Å². The van der Waals surface area contributed by atoms with Crippen molar-refractivity contribution in [3.63, 3.8) is 0 Å². The maximum atomic E-state index is 13.5. The van der Waals surface area contributed by atoms with E-state index in [1.165, 1.54) is 36.4 Å². The van der Waals surface area contributed by atoms with Crippen molar-refractivity contribution in [2.45, 2.75) is 20.4 Å². The van der Waals surface area contributed by atoms with Crippen LogP contribution in [0.5, 0.6) is 0 Å². The first-order valence-corrected chi connectivity index (χ1v) is 12.6. The van der Waals surface area contributed by atoms with E-state index >= 15 is 0 Å². The number of fused-ring (bicyclic) bond motifs is 2. The van der Waals surface area contributed by atoms with Gasteiger partial charge in [0.2, 0.25) is 11.6 Å². The monoisotopic (exact) mass is 542 g/mol. The molecule has 3 aromatic rings. The van der Waals surface area contributed by atoms with Gasteiger partial charge in [-0.3, -0.25) is 9.59 Å². The average Bonchev–Trinajstić information content (AvgIpc) is 3.44. The molecule has 2 aliphatic rings. The van der Waals surface area contributed by atoms with E-state index in [4.69, 9.17) is 0 Å². The highest BCUT2D eigenvalue weighted by atomic mass is 16.4. The first-order chi connectivity index (χ1) is 19.0. The highest BCUT2D eigenvalue weighted by Gasteiger charge is 2.35. The van der Waals surface area contributed by atoms with Crippen LogP contribution < -0.4 is 19.5 Å². The number of allylic oxidation sites excluding steroid dienone is 3. The first-order valence-electron chi connectivity index (χ1n) is 12.6. The maximum absolute atomic E-state index is 13.5. The molecule has 1 aliphatic heterocycles. The average molecular weight is 543 g/mol. The number of carbonyl (C=O) groups excluding carboxylic acids is 2.